The Bertz CT molecular complexity index is 658. The molecule has 21 heavy (non-hydrogen) atoms. The van der Waals surface area contributed by atoms with Gasteiger partial charge in [-0.15, -0.1) is 0 Å². The number of nitrogens with zero attached hydrogens (tertiary/aromatic N) is 2. The van der Waals surface area contributed by atoms with E-state index < -0.39 is 4.92 Å². The number of anilines is 1. The van der Waals surface area contributed by atoms with Crippen LogP contribution in [0.3, 0.4) is 0 Å². The Hall–Kier alpha value is -2.21. The van der Waals surface area contributed by atoms with Gasteiger partial charge in [-0.25, -0.2) is 0 Å². The van der Waals surface area contributed by atoms with E-state index in [-0.39, 0.29) is 5.69 Å². The molecule has 112 valence electrons. The van der Waals surface area contributed by atoms with Crippen molar-refractivity contribution in [2.24, 2.45) is 5.92 Å². The number of nitro groups is 1. The summed E-state index contributed by atoms with van der Waals surface area (Å²) in [6.07, 6.45) is 0. The quantitative estimate of drug-likeness (QED) is 0.653. The van der Waals surface area contributed by atoms with Gasteiger partial charge in [0.25, 0.3) is 5.69 Å². The first kappa shape index (κ1) is 15.2. The number of aryl methyl sites for hydroxylation is 1. The number of fused-ring (bicyclic) bond motifs is 1. The fourth-order valence-corrected chi connectivity index (χ4v) is 2.23. The summed E-state index contributed by atoms with van der Waals surface area (Å²) in [5, 5.41) is 15.0. The van der Waals surface area contributed by atoms with Crippen molar-refractivity contribution in [1.82, 2.24) is 4.98 Å². The lowest BCUT2D eigenvalue weighted by atomic mass is 10.1. The van der Waals surface area contributed by atoms with E-state index in [4.69, 9.17) is 4.74 Å². The molecule has 6 nitrogen and oxygen atoms in total. The van der Waals surface area contributed by atoms with Gasteiger partial charge in [-0.2, -0.15) is 0 Å². The van der Waals surface area contributed by atoms with Crippen LogP contribution in [0.25, 0.3) is 10.9 Å². The highest BCUT2D eigenvalue weighted by atomic mass is 16.6. The maximum atomic E-state index is 10.9. The molecule has 0 aliphatic heterocycles. The van der Waals surface area contributed by atoms with Gasteiger partial charge >= 0.3 is 0 Å². The van der Waals surface area contributed by atoms with E-state index in [0.717, 1.165) is 28.8 Å². The van der Waals surface area contributed by atoms with Crippen LogP contribution in [0.2, 0.25) is 0 Å². The summed E-state index contributed by atoms with van der Waals surface area (Å²) in [7, 11) is 1.67. The number of hydrogen-bond donors (Lipinski definition) is 1. The van der Waals surface area contributed by atoms with E-state index in [1.165, 1.54) is 6.07 Å². The van der Waals surface area contributed by atoms with Gasteiger partial charge in [0.05, 0.1) is 17.0 Å². The highest BCUT2D eigenvalue weighted by Gasteiger charge is 2.11. The van der Waals surface area contributed by atoms with E-state index in [9.17, 15) is 10.1 Å². The smallest absolute Gasteiger partial charge is 0.270 e. The first-order valence-corrected chi connectivity index (χ1v) is 6.80. The van der Waals surface area contributed by atoms with Crippen LogP contribution in [0.1, 0.15) is 12.6 Å². The standard InChI is InChI=1S/C15H19N3O3/c1-10(9-21-3)8-16-15-6-11(2)17-14-5-4-12(18(19)20)7-13(14)15/h4-7,10H,8-9H2,1-3H3,(H,16,17). The molecule has 1 atom stereocenters. The topological polar surface area (TPSA) is 77.3 Å². The zero-order valence-electron chi connectivity index (χ0n) is 12.4. The number of aromatic nitrogens is 1. The lowest BCUT2D eigenvalue weighted by molar-refractivity contribution is -0.384. The molecule has 2 rings (SSSR count). The molecule has 1 heterocycles. The highest BCUT2D eigenvalue weighted by Crippen LogP contribution is 2.27. The third-order valence-electron chi connectivity index (χ3n) is 3.22. The highest BCUT2D eigenvalue weighted by molar-refractivity contribution is 5.93. The maximum Gasteiger partial charge on any atom is 0.270 e. The van der Waals surface area contributed by atoms with Crippen LogP contribution in [0.15, 0.2) is 24.3 Å². The Morgan fingerprint density at radius 1 is 1.43 bits per heavy atom. The van der Waals surface area contributed by atoms with Crippen molar-refractivity contribution in [2.45, 2.75) is 13.8 Å². The summed E-state index contributed by atoms with van der Waals surface area (Å²) in [6.45, 7) is 5.38. The summed E-state index contributed by atoms with van der Waals surface area (Å²) in [5.74, 6) is 0.345. The lowest BCUT2D eigenvalue weighted by Crippen LogP contribution is -2.16. The van der Waals surface area contributed by atoms with Gasteiger partial charge in [-0.1, -0.05) is 6.92 Å². The SMILES string of the molecule is COCC(C)CNc1cc(C)nc2ccc([N+](=O)[O-])cc12. The Morgan fingerprint density at radius 2 is 2.19 bits per heavy atom. The predicted octanol–water partition coefficient (Wildman–Crippen LogP) is 3.15. The minimum absolute atomic E-state index is 0.0705. The molecule has 6 heteroatoms. The molecule has 0 aliphatic carbocycles. The fraction of sp³-hybridized carbons (Fsp3) is 0.400. The van der Waals surface area contributed by atoms with Gasteiger partial charge in [0.1, 0.15) is 0 Å². The van der Waals surface area contributed by atoms with E-state index in [1.54, 1.807) is 19.2 Å². The number of nitro benzene ring substituents is 1. The molecule has 0 bridgehead atoms. The first-order valence-electron chi connectivity index (χ1n) is 6.80. The van der Waals surface area contributed by atoms with Gasteiger partial charge in [0, 0.05) is 42.6 Å². The van der Waals surface area contributed by atoms with Crippen LogP contribution in [0.4, 0.5) is 11.4 Å². The lowest BCUT2D eigenvalue weighted by Gasteiger charge is -2.14. The molecule has 0 radical (unpaired) electrons. The minimum atomic E-state index is -0.392. The van der Waals surface area contributed by atoms with Crippen LogP contribution in [-0.2, 0) is 4.74 Å². The summed E-state index contributed by atoms with van der Waals surface area (Å²) in [4.78, 5) is 14.9. The number of non-ortho nitro benzene ring substituents is 1. The average molecular weight is 289 g/mol. The van der Waals surface area contributed by atoms with Crippen molar-refractivity contribution in [1.29, 1.82) is 0 Å². The van der Waals surface area contributed by atoms with Crippen LogP contribution >= 0.6 is 0 Å². The molecule has 2 aromatic rings. The van der Waals surface area contributed by atoms with Gasteiger partial charge < -0.3 is 10.1 Å². The van der Waals surface area contributed by atoms with Gasteiger partial charge in [-0.05, 0) is 25.0 Å². The number of ether oxygens (including phenoxy) is 1. The normalized spacial score (nSPS) is 12.3. The van der Waals surface area contributed by atoms with Crippen molar-refractivity contribution in [3.05, 3.63) is 40.1 Å². The summed E-state index contributed by atoms with van der Waals surface area (Å²) >= 11 is 0. The van der Waals surface area contributed by atoms with Gasteiger partial charge in [-0.3, -0.25) is 15.1 Å². The summed E-state index contributed by atoms with van der Waals surface area (Å²) in [5.41, 5.74) is 2.56. The number of hydrogen-bond acceptors (Lipinski definition) is 5. The monoisotopic (exact) mass is 289 g/mol. The zero-order chi connectivity index (χ0) is 15.4. The van der Waals surface area contributed by atoms with E-state index in [1.807, 2.05) is 13.0 Å². The molecule has 1 aromatic carbocycles. The van der Waals surface area contributed by atoms with Crippen molar-refractivity contribution in [3.63, 3.8) is 0 Å². The van der Waals surface area contributed by atoms with Crippen LogP contribution in [-0.4, -0.2) is 30.2 Å². The predicted molar refractivity (Wildman–Crippen MR) is 82.7 cm³/mol. The number of pyridine rings is 1. The molecule has 0 saturated heterocycles. The van der Waals surface area contributed by atoms with Crippen LogP contribution < -0.4 is 5.32 Å². The molecule has 0 aliphatic rings. The second-order valence-corrected chi connectivity index (χ2v) is 5.21. The molecule has 0 spiro atoms. The van der Waals surface area contributed by atoms with Crippen LogP contribution in [0, 0.1) is 23.0 Å². The minimum Gasteiger partial charge on any atom is -0.384 e. The van der Waals surface area contributed by atoms with Crippen molar-refractivity contribution >= 4 is 22.3 Å². The Kier molecular flexibility index (Phi) is 4.70. The van der Waals surface area contributed by atoms with E-state index in [0.29, 0.717) is 12.5 Å². The molecular weight excluding hydrogens is 270 g/mol. The molecule has 1 N–H and O–H groups in total. The summed E-state index contributed by atoms with van der Waals surface area (Å²) < 4.78 is 5.11. The maximum absolute atomic E-state index is 10.9. The number of rotatable bonds is 6. The van der Waals surface area contributed by atoms with E-state index in [2.05, 4.69) is 17.2 Å². The molecule has 1 unspecified atom stereocenters. The Labute approximate surface area is 123 Å². The summed E-state index contributed by atoms with van der Waals surface area (Å²) in [6, 6.07) is 6.63. The Morgan fingerprint density at radius 3 is 2.86 bits per heavy atom. The van der Waals surface area contributed by atoms with Gasteiger partial charge in [0.15, 0.2) is 0 Å². The molecular formula is C15H19N3O3. The first-order chi connectivity index (χ1) is 10.0. The largest absolute Gasteiger partial charge is 0.384 e. The third kappa shape index (κ3) is 3.66. The molecule has 0 fully saturated rings. The van der Waals surface area contributed by atoms with Crippen molar-refractivity contribution < 1.29 is 9.66 Å². The van der Waals surface area contributed by atoms with Crippen molar-refractivity contribution in [3.8, 4) is 0 Å². The molecule has 0 amide bonds. The number of methoxy groups -OCH3 is 1. The average Bonchev–Trinajstić information content (AvgIpc) is 2.44. The number of nitrogens with one attached hydrogen (secondary N) is 1. The Balaban J connectivity index is 2.36. The van der Waals surface area contributed by atoms with Gasteiger partial charge in [0.2, 0.25) is 0 Å². The van der Waals surface area contributed by atoms with E-state index >= 15 is 0 Å². The molecule has 0 saturated carbocycles. The second kappa shape index (κ2) is 6.49. The van der Waals surface area contributed by atoms with Crippen molar-refractivity contribution in [2.75, 3.05) is 25.6 Å². The molecule has 1 aromatic heterocycles. The zero-order valence-corrected chi connectivity index (χ0v) is 12.4. The third-order valence-corrected chi connectivity index (χ3v) is 3.22. The second-order valence-electron chi connectivity index (χ2n) is 5.21. The number of benzene rings is 1. The van der Waals surface area contributed by atoms with Crippen LogP contribution in [0.5, 0.6) is 0 Å². The fourth-order valence-electron chi connectivity index (χ4n) is 2.23.